The second-order valence-corrected chi connectivity index (χ2v) is 8.79. The van der Waals surface area contributed by atoms with Crippen LogP contribution >= 0.6 is 0 Å². The van der Waals surface area contributed by atoms with Crippen molar-refractivity contribution in [2.24, 2.45) is 5.92 Å². The van der Waals surface area contributed by atoms with Crippen molar-refractivity contribution in [1.82, 2.24) is 24.5 Å². The maximum absolute atomic E-state index is 9.59. The number of rotatable bonds is 6. The van der Waals surface area contributed by atoms with Gasteiger partial charge in [0.2, 0.25) is 0 Å². The molecular formula is C24H29N7O2. The predicted octanol–water partition coefficient (Wildman–Crippen LogP) is 2.61. The van der Waals surface area contributed by atoms with E-state index >= 15 is 0 Å². The van der Waals surface area contributed by atoms with Gasteiger partial charge in [-0.3, -0.25) is 4.90 Å². The lowest BCUT2D eigenvalue weighted by Crippen LogP contribution is -2.38. The molecule has 0 saturated carbocycles. The highest BCUT2D eigenvalue weighted by molar-refractivity contribution is 5.82. The van der Waals surface area contributed by atoms with Crippen molar-refractivity contribution < 1.29 is 9.47 Å². The van der Waals surface area contributed by atoms with Crippen LogP contribution in [0.5, 0.6) is 5.75 Å². The van der Waals surface area contributed by atoms with Gasteiger partial charge in [-0.05, 0) is 24.8 Å². The number of morpholine rings is 1. The van der Waals surface area contributed by atoms with Gasteiger partial charge in [0.25, 0.3) is 0 Å². The number of ether oxygens (including phenoxy) is 2. The zero-order chi connectivity index (χ0) is 22.6. The predicted molar refractivity (Wildman–Crippen MR) is 124 cm³/mol. The van der Waals surface area contributed by atoms with Crippen LogP contribution in [0.1, 0.15) is 25.3 Å². The van der Waals surface area contributed by atoms with Gasteiger partial charge in [0.05, 0.1) is 60.3 Å². The topological polar surface area (TPSA) is 91.8 Å². The number of fused-ring (bicyclic) bond motifs is 1. The molecule has 33 heavy (non-hydrogen) atoms. The lowest BCUT2D eigenvalue weighted by atomic mass is 9.99. The Morgan fingerprint density at radius 1 is 1.12 bits per heavy atom. The van der Waals surface area contributed by atoms with Gasteiger partial charge in [0.15, 0.2) is 5.82 Å². The first-order chi connectivity index (χ1) is 16.2. The average Bonchev–Trinajstić information content (AvgIpc) is 3.28. The van der Waals surface area contributed by atoms with E-state index in [0.717, 1.165) is 63.1 Å². The molecule has 0 atom stereocenters. The highest BCUT2D eigenvalue weighted by atomic mass is 16.5. The molecule has 2 saturated heterocycles. The Labute approximate surface area is 193 Å². The number of hydrogen-bond acceptors (Lipinski definition) is 8. The molecular weight excluding hydrogens is 418 g/mol. The standard InChI is InChI=1S/C24H29N7O2/c1-18-2-4-30(5-3-18)20-15-26-24(27-16-20)22-12-21(17-31-23(22)19(13-25)14-28-31)33-11-8-29-6-9-32-10-7-29/h12,14-18H,2-11H2,1H3. The molecule has 5 rings (SSSR count). The minimum atomic E-state index is 0.488. The fourth-order valence-corrected chi connectivity index (χ4v) is 4.44. The minimum absolute atomic E-state index is 0.488. The summed E-state index contributed by atoms with van der Waals surface area (Å²) in [5.74, 6) is 2.01. The number of hydrogen-bond donors (Lipinski definition) is 0. The zero-order valence-corrected chi connectivity index (χ0v) is 19.0. The highest BCUT2D eigenvalue weighted by Crippen LogP contribution is 2.30. The van der Waals surface area contributed by atoms with E-state index in [9.17, 15) is 5.26 Å². The van der Waals surface area contributed by atoms with E-state index in [1.165, 1.54) is 12.8 Å². The van der Waals surface area contributed by atoms with Crippen LogP contribution in [0.25, 0.3) is 16.9 Å². The molecule has 0 amide bonds. The van der Waals surface area contributed by atoms with Crippen LogP contribution in [0, 0.1) is 17.2 Å². The number of pyridine rings is 1. The van der Waals surface area contributed by atoms with Crippen molar-refractivity contribution in [2.75, 3.05) is 57.4 Å². The molecule has 2 aliphatic heterocycles. The monoisotopic (exact) mass is 447 g/mol. The summed E-state index contributed by atoms with van der Waals surface area (Å²) in [5.41, 5.74) is 2.96. The lowest BCUT2D eigenvalue weighted by molar-refractivity contribution is 0.0322. The summed E-state index contributed by atoms with van der Waals surface area (Å²) in [6.45, 7) is 9.14. The van der Waals surface area contributed by atoms with E-state index in [-0.39, 0.29) is 0 Å². The van der Waals surface area contributed by atoms with Crippen LogP contribution in [0.4, 0.5) is 5.69 Å². The van der Waals surface area contributed by atoms with Gasteiger partial charge in [0, 0.05) is 32.7 Å². The number of aromatic nitrogens is 4. The quantitative estimate of drug-likeness (QED) is 0.569. The number of piperidine rings is 1. The van der Waals surface area contributed by atoms with Crippen LogP contribution < -0.4 is 9.64 Å². The second-order valence-electron chi connectivity index (χ2n) is 8.79. The van der Waals surface area contributed by atoms with E-state index in [0.29, 0.717) is 29.3 Å². The van der Waals surface area contributed by atoms with E-state index in [1.807, 2.05) is 24.7 Å². The van der Waals surface area contributed by atoms with Crippen LogP contribution in [0.15, 0.2) is 30.9 Å². The molecule has 172 valence electrons. The molecule has 5 heterocycles. The Hall–Kier alpha value is -3.22. The van der Waals surface area contributed by atoms with Crippen molar-refractivity contribution in [3.63, 3.8) is 0 Å². The molecule has 2 fully saturated rings. The smallest absolute Gasteiger partial charge is 0.161 e. The first-order valence-corrected chi connectivity index (χ1v) is 11.6. The SMILES string of the molecule is CC1CCN(c2cnc(-c3cc(OCCN4CCOCC4)cn4ncc(C#N)c34)nc2)CC1. The van der Waals surface area contributed by atoms with Gasteiger partial charge < -0.3 is 14.4 Å². The molecule has 0 aliphatic carbocycles. The summed E-state index contributed by atoms with van der Waals surface area (Å²) in [7, 11) is 0. The zero-order valence-electron chi connectivity index (χ0n) is 19.0. The third-order valence-corrected chi connectivity index (χ3v) is 6.51. The van der Waals surface area contributed by atoms with Gasteiger partial charge in [-0.25, -0.2) is 14.5 Å². The van der Waals surface area contributed by atoms with Gasteiger partial charge in [-0.2, -0.15) is 10.4 Å². The fourth-order valence-electron chi connectivity index (χ4n) is 4.44. The molecule has 0 unspecified atom stereocenters. The van der Waals surface area contributed by atoms with Gasteiger partial charge in [0.1, 0.15) is 18.4 Å². The molecule has 0 radical (unpaired) electrons. The summed E-state index contributed by atoms with van der Waals surface area (Å²) >= 11 is 0. The van der Waals surface area contributed by atoms with Gasteiger partial charge in [-0.1, -0.05) is 6.92 Å². The molecule has 9 heteroatoms. The van der Waals surface area contributed by atoms with Gasteiger partial charge >= 0.3 is 0 Å². The van der Waals surface area contributed by atoms with E-state index in [2.05, 4.69) is 37.9 Å². The largest absolute Gasteiger partial charge is 0.491 e. The normalized spacial score (nSPS) is 17.9. The Balaban J connectivity index is 1.38. The number of anilines is 1. The van der Waals surface area contributed by atoms with E-state index < -0.39 is 0 Å². The number of nitriles is 1. The molecule has 2 aliphatic rings. The van der Waals surface area contributed by atoms with Crippen molar-refractivity contribution in [3.8, 4) is 23.2 Å². The first-order valence-electron chi connectivity index (χ1n) is 11.6. The Kier molecular flexibility index (Phi) is 6.37. The van der Waals surface area contributed by atoms with Crippen molar-refractivity contribution >= 4 is 11.2 Å². The third kappa shape index (κ3) is 4.77. The van der Waals surface area contributed by atoms with Crippen LogP contribution in [-0.2, 0) is 4.74 Å². The van der Waals surface area contributed by atoms with Crippen LogP contribution in [0.2, 0.25) is 0 Å². The lowest BCUT2D eigenvalue weighted by Gasteiger charge is -2.31. The average molecular weight is 448 g/mol. The molecule has 0 spiro atoms. The van der Waals surface area contributed by atoms with E-state index in [4.69, 9.17) is 9.47 Å². The maximum Gasteiger partial charge on any atom is 0.161 e. The summed E-state index contributed by atoms with van der Waals surface area (Å²) in [4.78, 5) is 14.0. The first kappa shape index (κ1) is 21.6. The molecule has 0 bridgehead atoms. The van der Waals surface area contributed by atoms with Crippen molar-refractivity contribution in [3.05, 3.63) is 36.4 Å². The molecule has 0 N–H and O–H groups in total. The molecule has 0 aromatic carbocycles. The summed E-state index contributed by atoms with van der Waals surface area (Å²) < 4.78 is 13.1. The fraction of sp³-hybridized carbons (Fsp3) is 0.500. The van der Waals surface area contributed by atoms with Crippen LogP contribution in [0.3, 0.4) is 0 Å². The number of nitrogens with zero attached hydrogens (tertiary/aromatic N) is 7. The summed E-state index contributed by atoms with van der Waals surface area (Å²) in [6, 6.07) is 4.14. The molecule has 9 nitrogen and oxygen atoms in total. The highest BCUT2D eigenvalue weighted by Gasteiger charge is 2.19. The summed E-state index contributed by atoms with van der Waals surface area (Å²) in [5, 5.41) is 13.9. The minimum Gasteiger partial charge on any atom is -0.491 e. The van der Waals surface area contributed by atoms with Crippen LogP contribution in [-0.4, -0.2) is 77.0 Å². The molecule has 3 aromatic heterocycles. The van der Waals surface area contributed by atoms with Crippen molar-refractivity contribution in [1.29, 1.82) is 5.26 Å². The van der Waals surface area contributed by atoms with E-state index in [1.54, 1.807) is 10.7 Å². The third-order valence-electron chi connectivity index (χ3n) is 6.51. The molecule has 3 aromatic rings. The van der Waals surface area contributed by atoms with Crippen molar-refractivity contribution in [2.45, 2.75) is 19.8 Å². The maximum atomic E-state index is 9.59. The van der Waals surface area contributed by atoms with Gasteiger partial charge in [-0.15, -0.1) is 0 Å². The Morgan fingerprint density at radius 3 is 2.61 bits per heavy atom. The Morgan fingerprint density at radius 2 is 1.88 bits per heavy atom. The second kappa shape index (κ2) is 9.73. The summed E-state index contributed by atoms with van der Waals surface area (Å²) in [6.07, 6.45) is 9.51. The Bertz CT molecular complexity index is 1120.